The molecule has 2 unspecified atom stereocenters. The molecule has 1 saturated heterocycles. The van der Waals surface area contributed by atoms with Crippen LogP contribution in [0, 0.1) is 22.7 Å². The first-order chi connectivity index (χ1) is 21.3. The number of nitrogens with one attached hydrogen (secondary N) is 1. The zero-order chi connectivity index (χ0) is 32.6. The lowest BCUT2D eigenvalue weighted by molar-refractivity contribution is -0.149. The number of aromatic nitrogens is 2. The molecule has 0 bridgehead atoms. The molecule has 1 fully saturated rings. The Balaban J connectivity index is 1.69. The summed E-state index contributed by atoms with van der Waals surface area (Å²) < 4.78 is 86.3. The lowest BCUT2D eigenvalue weighted by Crippen LogP contribution is -2.54. The van der Waals surface area contributed by atoms with E-state index in [1.165, 1.54) is 6.20 Å². The number of ether oxygens (including phenoxy) is 1. The predicted octanol–water partition coefficient (Wildman–Crippen LogP) is 6.96. The molecular formula is C32H23F6N5O2. The van der Waals surface area contributed by atoms with Crippen LogP contribution >= 0.6 is 0 Å². The molecule has 0 spiro atoms. The summed E-state index contributed by atoms with van der Waals surface area (Å²) in [6.07, 6.45) is -6.31. The highest BCUT2D eigenvalue weighted by molar-refractivity contribution is 5.86. The van der Waals surface area contributed by atoms with Crippen molar-refractivity contribution in [1.29, 1.82) is 10.5 Å². The number of nitriles is 2. The fourth-order valence-corrected chi connectivity index (χ4v) is 5.94. The molecule has 13 heteroatoms. The van der Waals surface area contributed by atoms with Gasteiger partial charge in [-0.3, -0.25) is 9.78 Å². The van der Waals surface area contributed by atoms with Crippen LogP contribution in [0.1, 0.15) is 45.7 Å². The molecule has 2 aromatic carbocycles. The fraction of sp³-hybridized carbons (Fsp3) is 0.250. The van der Waals surface area contributed by atoms with E-state index in [2.05, 4.69) is 9.97 Å². The van der Waals surface area contributed by atoms with E-state index < -0.39 is 40.8 Å². The van der Waals surface area contributed by atoms with Gasteiger partial charge in [-0.15, -0.1) is 0 Å². The monoisotopic (exact) mass is 623 g/mol. The van der Waals surface area contributed by atoms with Crippen molar-refractivity contribution in [2.24, 2.45) is 0 Å². The lowest BCUT2D eigenvalue weighted by atomic mass is 9.63. The van der Waals surface area contributed by atoms with Gasteiger partial charge in [0.15, 0.2) is 0 Å². The van der Waals surface area contributed by atoms with Gasteiger partial charge in [-0.2, -0.15) is 36.9 Å². The van der Waals surface area contributed by atoms with E-state index in [0.717, 1.165) is 31.4 Å². The Hall–Kier alpha value is -5.30. The number of pyridine rings is 1. The van der Waals surface area contributed by atoms with E-state index in [9.17, 15) is 41.7 Å². The molecule has 7 nitrogen and oxygen atoms in total. The number of aromatic amines is 1. The lowest BCUT2D eigenvalue weighted by Gasteiger charge is -2.47. The van der Waals surface area contributed by atoms with Gasteiger partial charge in [0.1, 0.15) is 11.5 Å². The van der Waals surface area contributed by atoms with Crippen molar-refractivity contribution in [3.8, 4) is 23.5 Å². The van der Waals surface area contributed by atoms with Gasteiger partial charge in [0.05, 0.1) is 52.5 Å². The van der Waals surface area contributed by atoms with Crippen LogP contribution in [-0.4, -0.2) is 36.1 Å². The van der Waals surface area contributed by atoms with Crippen molar-refractivity contribution in [2.45, 2.75) is 30.1 Å². The van der Waals surface area contributed by atoms with Gasteiger partial charge < -0.3 is 14.6 Å². The average Bonchev–Trinajstić information content (AvgIpc) is 3.58. The van der Waals surface area contributed by atoms with Crippen molar-refractivity contribution < 1.29 is 35.9 Å². The molecular weight excluding hydrogens is 600 g/mol. The molecule has 45 heavy (non-hydrogen) atoms. The molecule has 0 radical (unpaired) electrons. The minimum absolute atomic E-state index is 0.0361. The van der Waals surface area contributed by atoms with Gasteiger partial charge >= 0.3 is 18.3 Å². The van der Waals surface area contributed by atoms with Crippen molar-refractivity contribution in [2.75, 3.05) is 25.1 Å². The molecule has 3 heterocycles. The number of hydrogen-bond acceptors (Lipinski definition) is 6. The normalized spacial score (nSPS) is 18.6. The number of carbonyl (C=O) groups is 1. The van der Waals surface area contributed by atoms with Gasteiger partial charge in [-0.05, 0) is 66.1 Å². The SMILES string of the molecule is COC(=O)C1(c2ccc(-c3ccc[nH]3)nc2)CCN(c2ccc(C(F)(F)F)cc2C#N)CC1c1ccc(C(F)(F)F)cc1C#N. The highest BCUT2D eigenvalue weighted by Gasteiger charge is 2.53. The molecule has 0 aliphatic carbocycles. The number of rotatable bonds is 5. The van der Waals surface area contributed by atoms with Crippen LogP contribution in [0.25, 0.3) is 11.4 Å². The molecule has 0 amide bonds. The van der Waals surface area contributed by atoms with Crippen LogP contribution in [-0.2, 0) is 27.3 Å². The summed E-state index contributed by atoms with van der Waals surface area (Å²) in [7, 11) is 1.16. The Kier molecular flexibility index (Phi) is 8.06. The predicted molar refractivity (Wildman–Crippen MR) is 150 cm³/mol. The zero-order valence-corrected chi connectivity index (χ0v) is 23.5. The first kappa shape index (κ1) is 31.1. The third kappa shape index (κ3) is 5.69. The van der Waals surface area contributed by atoms with E-state index >= 15 is 0 Å². The van der Waals surface area contributed by atoms with Gasteiger partial charge in [-0.25, -0.2) is 0 Å². The average molecular weight is 624 g/mol. The summed E-state index contributed by atoms with van der Waals surface area (Å²) in [5.41, 5.74) is -2.43. The third-order valence-electron chi connectivity index (χ3n) is 8.14. The maximum atomic E-state index is 13.8. The van der Waals surface area contributed by atoms with E-state index in [-0.39, 0.29) is 41.9 Å². The number of hydrogen-bond donors (Lipinski definition) is 1. The Morgan fingerprint density at radius 1 is 0.978 bits per heavy atom. The summed E-state index contributed by atoms with van der Waals surface area (Å²) in [5, 5.41) is 19.7. The van der Waals surface area contributed by atoms with E-state index in [0.29, 0.717) is 29.1 Å². The van der Waals surface area contributed by atoms with E-state index in [1.54, 1.807) is 41.4 Å². The van der Waals surface area contributed by atoms with Crippen LogP contribution in [0.15, 0.2) is 73.1 Å². The van der Waals surface area contributed by atoms with Crippen LogP contribution in [0.5, 0.6) is 0 Å². The molecule has 2 atom stereocenters. The highest BCUT2D eigenvalue weighted by Crippen LogP contribution is 2.49. The highest BCUT2D eigenvalue weighted by atomic mass is 19.4. The standard InChI is InChI=1S/C32H23F6N5O2/c1-45-29(44)30(23-5-8-27(42-17-23)26-3-2-11-41-26)10-12-43(28-9-6-22(32(36,37)38)14-20(28)16-40)18-25(30)24-7-4-21(31(33,34)35)13-19(24)15-39/h2-9,11,13-14,17,25,41H,10,12,18H2,1H3. The fourth-order valence-electron chi connectivity index (χ4n) is 5.94. The number of anilines is 1. The van der Waals surface area contributed by atoms with Gasteiger partial charge in [-0.1, -0.05) is 12.1 Å². The van der Waals surface area contributed by atoms with Crippen molar-refractivity contribution >= 4 is 11.7 Å². The summed E-state index contributed by atoms with van der Waals surface area (Å²) in [6.45, 7) is -0.111. The number of alkyl halides is 6. The first-order valence-electron chi connectivity index (χ1n) is 13.5. The quantitative estimate of drug-likeness (QED) is 0.190. The third-order valence-corrected chi connectivity index (χ3v) is 8.14. The summed E-state index contributed by atoms with van der Waals surface area (Å²) in [6, 6.07) is 15.8. The number of H-pyrrole nitrogens is 1. The summed E-state index contributed by atoms with van der Waals surface area (Å²) in [4.78, 5) is 22.9. The number of nitrogens with zero attached hydrogens (tertiary/aromatic N) is 4. The van der Waals surface area contributed by atoms with Crippen LogP contribution < -0.4 is 4.90 Å². The number of halogens is 6. The van der Waals surface area contributed by atoms with Crippen molar-refractivity contribution in [3.63, 3.8) is 0 Å². The largest absolute Gasteiger partial charge is 0.468 e. The molecule has 2 aromatic heterocycles. The zero-order valence-electron chi connectivity index (χ0n) is 23.5. The molecule has 0 saturated carbocycles. The summed E-state index contributed by atoms with van der Waals surface area (Å²) in [5.74, 6) is -1.79. The van der Waals surface area contributed by atoms with Crippen LogP contribution in [0.2, 0.25) is 0 Å². The molecule has 1 aliphatic heterocycles. The summed E-state index contributed by atoms with van der Waals surface area (Å²) >= 11 is 0. The second-order valence-corrected chi connectivity index (χ2v) is 10.5. The minimum Gasteiger partial charge on any atom is -0.468 e. The van der Waals surface area contributed by atoms with E-state index in [4.69, 9.17) is 4.74 Å². The molecule has 5 rings (SSSR count). The number of piperidine rings is 1. The van der Waals surface area contributed by atoms with Gasteiger partial charge in [0.2, 0.25) is 0 Å². The van der Waals surface area contributed by atoms with Gasteiger partial charge in [0.25, 0.3) is 0 Å². The number of esters is 1. The van der Waals surface area contributed by atoms with Crippen molar-refractivity contribution in [1.82, 2.24) is 9.97 Å². The Morgan fingerprint density at radius 3 is 2.20 bits per heavy atom. The molecule has 4 aromatic rings. The first-order valence-corrected chi connectivity index (χ1v) is 13.5. The smallest absolute Gasteiger partial charge is 0.416 e. The van der Waals surface area contributed by atoms with Crippen LogP contribution in [0.4, 0.5) is 32.0 Å². The molecule has 1 N–H and O–H groups in total. The Labute approximate surface area is 253 Å². The second-order valence-electron chi connectivity index (χ2n) is 10.5. The number of benzene rings is 2. The van der Waals surface area contributed by atoms with Crippen LogP contribution in [0.3, 0.4) is 0 Å². The molecule has 230 valence electrons. The topological polar surface area (TPSA) is 106 Å². The molecule has 1 aliphatic rings. The van der Waals surface area contributed by atoms with Gasteiger partial charge in [0, 0.05) is 31.4 Å². The Bertz CT molecular complexity index is 1800. The minimum atomic E-state index is -4.75. The Morgan fingerprint density at radius 2 is 1.64 bits per heavy atom. The van der Waals surface area contributed by atoms with Crippen molar-refractivity contribution in [3.05, 3.63) is 106 Å². The maximum Gasteiger partial charge on any atom is 0.416 e. The second kappa shape index (κ2) is 11.7. The van der Waals surface area contributed by atoms with E-state index in [1.807, 2.05) is 6.07 Å². The maximum absolute atomic E-state index is 13.8. The number of methoxy groups -OCH3 is 1. The number of carbonyl (C=O) groups excluding carboxylic acids is 1.